The minimum atomic E-state index is -0.171. The lowest BCUT2D eigenvalue weighted by Crippen LogP contribution is -2.33. The Labute approximate surface area is 165 Å². The molecular weight excluding hydrogens is 358 g/mol. The number of amides is 2. The Morgan fingerprint density at radius 1 is 1.25 bits per heavy atom. The zero-order chi connectivity index (χ0) is 20.1. The Morgan fingerprint density at radius 3 is 2.71 bits per heavy atom. The van der Waals surface area contributed by atoms with Gasteiger partial charge < -0.3 is 14.5 Å². The molecule has 0 spiro atoms. The van der Waals surface area contributed by atoms with E-state index in [-0.39, 0.29) is 30.1 Å². The second kappa shape index (κ2) is 8.86. The van der Waals surface area contributed by atoms with Crippen LogP contribution in [0.2, 0.25) is 0 Å². The van der Waals surface area contributed by atoms with Gasteiger partial charge in [-0.3, -0.25) is 9.59 Å². The van der Waals surface area contributed by atoms with Crippen molar-refractivity contribution in [3.63, 3.8) is 0 Å². The molecule has 1 atom stereocenters. The van der Waals surface area contributed by atoms with Crippen molar-refractivity contribution < 1.29 is 14.3 Å². The molecule has 1 aliphatic heterocycles. The zero-order valence-corrected chi connectivity index (χ0v) is 16.7. The van der Waals surface area contributed by atoms with Crippen LogP contribution in [0.15, 0.2) is 30.5 Å². The SMILES string of the molecule is CCN(CC)C(=O)Cn1cc(C(=O)N2CCC[C@@H]2c2ccccc2OC)nn1. The maximum atomic E-state index is 13.0. The lowest BCUT2D eigenvalue weighted by Gasteiger charge is -2.25. The molecule has 0 unspecified atom stereocenters. The van der Waals surface area contributed by atoms with Crippen LogP contribution in [0, 0.1) is 0 Å². The number of methoxy groups -OCH3 is 1. The molecular formula is C20H27N5O3. The molecule has 8 heteroatoms. The second-order valence-corrected chi connectivity index (χ2v) is 6.77. The molecule has 150 valence electrons. The van der Waals surface area contributed by atoms with Crippen LogP contribution in [-0.2, 0) is 11.3 Å². The molecule has 2 aromatic rings. The highest BCUT2D eigenvalue weighted by Crippen LogP contribution is 2.37. The minimum absolute atomic E-state index is 0.0398. The fourth-order valence-electron chi connectivity index (χ4n) is 3.71. The van der Waals surface area contributed by atoms with E-state index in [1.165, 1.54) is 4.68 Å². The van der Waals surface area contributed by atoms with Crippen LogP contribution in [0.4, 0.5) is 0 Å². The lowest BCUT2D eigenvalue weighted by atomic mass is 10.0. The van der Waals surface area contributed by atoms with Crippen LogP contribution in [-0.4, -0.2) is 63.4 Å². The molecule has 0 radical (unpaired) electrons. The maximum Gasteiger partial charge on any atom is 0.276 e. The van der Waals surface area contributed by atoms with Gasteiger partial charge in [-0.25, -0.2) is 4.68 Å². The van der Waals surface area contributed by atoms with Crippen molar-refractivity contribution in [2.24, 2.45) is 0 Å². The first-order valence-electron chi connectivity index (χ1n) is 9.70. The van der Waals surface area contributed by atoms with Gasteiger partial charge in [0, 0.05) is 25.2 Å². The van der Waals surface area contributed by atoms with Crippen molar-refractivity contribution >= 4 is 11.8 Å². The van der Waals surface area contributed by atoms with E-state index in [4.69, 9.17) is 4.74 Å². The maximum absolute atomic E-state index is 13.0. The van der Waals surface area contributed by atoms with Crippen molar-refractivity contribution in [2.45, 2.75) is 39.3 Å². The summed E-state index contributed by atoms with van der Waals surface area (Å²) in [5.41, 5.74) is 1.26. The summed E-state index contributed by atoms with van der Waals surface area (Å²) in [4.78, 5) is 28.8. The Bertz CT molecular complexity index is 831. The van der Waals surface area contributed by atoms with Crippen LogP contribution in [0.3, 0.4) is 0 Å². The number of carbonyl (C=O) groups excluding carboxylic acids is 2. The predicted molar refractivity (Wildman–Crippen MR) is 104 cm³/mol. The van der Waals surface area contributed by atoms with Crippen LogP contribution >= 0.6 is 0 Å². The summed E-state index contributed by atoms with van der Waals surface area (Å²) in [7, 11) is 1.64. The first kappa shape index (κ1) is 19.9. The third-order valence-electron chi connectivity index (χ3n) is 5.18. The average Bonchev–Trinajstić information content (AvgIpc) is 3.38. The molecule has 3 rings (SSSR count). The van der Waals surface area contributed by atoms with Crippen LogP contribution in [0.1, 0.15) is 48.8 Å². The van der Waals surface area contributed by atoms with E-state index in [0.29, 0.717) is 19.6 Å². The first-order valence-corrected chi connectivity index (χ1v) is 9.70. The van der Waals surface area contributed by atoms with Gasteiger partial charge in [0.15, 0.2) is 5.69 Å². The topological polar surface area (TPSA) is 80.6 Å². The second-order valence-electron chi connectivity index (χ2n) is 6.77. The number of nitrogens with zero attached hydrogens (tertiary/aromatic N) is 5. The summed E-state index contributed by atoms with van der Waals surface area (Å²) in [6.07, 6.45) is 3.35. The molecule has 1 aromatic carbocycles. The van der Waals surface area contributed by atoms with Crippen LogP contribution in [0.5, 0.6) is 5.75 Å². The number of benzene rings is 1. The van der Waals surface area contributed by atoms with E-state index in [2.05, 4.69) is 10.3 Å². The third kappa shape index (κ3) is 4.00. The van der Waals surface area contributed by atoms with Gasteiger partial charge in [0.05, 0.1) is 19.3 Å². The van der Waals surface area contributed by atoms with Crippen molar-refractivity contribution in [3.05, 3.63) is 41.7 Å². The average molecular weight is 385 g/mol. The fraction of sp³-hybridized carbons (Fsp3) is 0.500. The van der Waals surface area contributed by atoms with Gasteiger partial charge in [-0.2, -0.15) is 0 Å². The van der Waals surface area contributed by atoms with Gasteiger partial charge in [0.1, 0.15) is 12.3 Å². The van der Waals surface area contributed by atoms with E-state index in [1.54, 1.807) is 18.2 Å². The predicted octanol–water partition coefficient (Wildman–Crippen LogP) is 2.13. The molecule has 8 nitrogen and oxygen atoms in total. The fourth-order valence-corrected chi connectivity index (χ4v) is 3.71. The largest absolute Gasteiger partial charge is 0.496 e. The Hall–Kier alpha value is -2.90. The first-order chi connectivity index (χ1) is 13.6. The summed E-state index contributed by atoms with van der Waals surface area (Å²) >= 11 is 0. The number of hydrogen-bond donors (Lipinski definition) is 0. The molecule has 1 aliphatic rings. The lowest BCUT2D eigenvalue weighted by molar-refractivity contribution is -0.131. The molecule has 1 fully saturated rings. The third-order valence-corrected chi connectivity index (χ3v) is 5.18. The van der Waals surface area contributed by atoms with Gasteiger partial charge in [0.25, 0.3) is 5.91 Å². The number of para-hydroxylation sites is 1. The smallest absolute Gasteiger partial charge is 0.276 e. The van der Waals surface area contributed by atoms with Crippen LogP contribution in [0.25, 0.3) is 0 Å². The Balaban J connectivity index is 1.75. The molecule has 1 aromatic heterocycles. The van der Waals surface area contributed by atoms with E-state index in [0.717, 1.165) is 24.2 Å². The van der Waals surface area contributed by atoms with E-state index >= 15 is 0 Å². The van der Waals surface area contributed by atoms with Crippen LogP contribution < -0.4 is 4.74 Å². The van der Waals surface area contributed by atoms with Gasteiger partial charge in [-0.15, -0.1) is 5.10 Å². The molecule has 2 heterocycles. The van der Waals surface area contributed by atoms with E-state index in [1.807, 2.05) is 43.0 Å². The number of likely N-dealkylation sites (tertiary alicyclic amines) is 1. The summed E-state index contributed by atoms with van der Waals surface area (Å²) in [6, 6.07) is 7.72. The Morgan fingerprint density at radius 2 is 2.00 bits per heavy atom. The molecule has 1 saturated heterocycles. The van der Waals surface area contributed by atoms with Crippen molar-refractivity contribution in [2.75, 3.05) is 26.7 Å². The minimum Gasteiger partial charge on any atom is -0.496 e. The highest BCUT2D eigenvalue weighted by Gasteiger charge is 2.33. The van der Waals surface area contributed by atoms with Gasteiger partial charge in [-0.05, 0) is 32.8 Å². The number of ether oxygens (including phenoxy) is 1. The zero-order valence-electron chi connectivity index (χ0n) is 16.7. The normalized spacial score (nSPS) is 16.2. The number of likely N-dealkylation sites (N-methyl/N-ethyl adjacent to an activating group) is 1. The highest BCUT2D eigenvalue weighted by molar-refractivity contribution is 5.92. The quantitative estimate of drug-likeness (QED) is 0.729. The van der Waals surface area contributed by atoms with E-state index in [9.17, 15) is 9.59 Å². The van der Waals surface area contributed by atoms with E-state index < -0.39 is 0 Å². The van der Waals surface area contributed by atoms with Gasteiger partial charge in [-0.1, -0.05) is 23.4 Å². The number of aromatic nitrogens is 3. The monoisotopic (exact) mass is 385 g/mol. The molecule has 0 saturated carbocycles. The molecule has 0 aliphatic carbocycles. The molecule has 0 bridgehead atoms. The van der Waals surface area contributed by atoms with Gasteiger partial charge in [0.2, 0.25) is 5.91 Å². The standard InChI is InChI=1S/C20H27N5O3/c1-4-23(5-2)19(26)14-24-13-16(21-22-24)20(27)25-12-8-10-17(25)15-9-6-7-11-18(15)28-3/h6-7,9,11,13,17H,4-5,8,10,12,14H2,1-3H3/t17-/m1/s1. The molecule has 2 amide bonds. The van der Waals surface area contributed by atoms with Crippen molar-refractivity contribution in [1.29, 1.82) is 0 Å². The summed E-state index contributed by atoms with van der Waals surface area (Å²) in [6.45, 7) is 5.89. The molecule has 28 heavy (non-hydrogen) atoms. The number of hydrogen-bond acceptors (Lipinski definition) is 5. The summed E-state index contributed by atoms with van der Waals surface area (Å²) in [5.74, 6) is 0.567. The van der Waals surface area contributed by atoms with Crippen molar-refractivity contribution in [1.82, 2.24) is 24.8 Å². The molecule has 0 N–H and O–H groups in total. The summed E-state index contributed by atoms with van der Waals surface area (Å²) in [5, 5.41) is 7.99. The number of rotatable bonds is 7. The van der Waals surface area contributed by atoms with Gasteiger partial charge >= 0.3 is 0 Å². The summed E-state index contributed by atoms with van der Waals surface area (Å²) < 4.78 is 6.90. The number of carbonyl (C=O) groups is 2. The van der Waals surface area contributed by atoms with Crippen molar-refractivity contribution in [3.8, 4) is 5.75 Å². The Kier molecular flexibility index (Phi) is 6.28. The highest BCUT2D eigenvalue weighted by atomic mass is 16.5.